The normalized spacial score (nSPS) is 27.5. The molecule has 10 nitrogen and oxygen atoms in total. The van der Waals surface area contributed by atoms with E-state index in [0.717, 1.165) is 0 Å². The van der Waals surface area contributed by atoms with Crippen LogP contribution in [0, 0.1) is 0 Å². The Morgan fingerprint density at radius 1 is 1.11 bits per heavy atom. The summed E-state index contributed by atoms with van der Waals surface area (Å²) >= 11 is 0. The Kier molecular flexibility index (Phi) is 9.94. The molecule has 1 fully saturated rings. The van der Waals surface area contributed by atoms with Crippen molar-refractivity contribution in [2.75, 3.05) is 13.2 Å². The number of amides is 3. The second kappa shape index (κ2) is 11.7. The van der Waals surface area contributed by atoms with E-state index in [1.807, 2.05) is 0 Å². The summed E-state index contributed by atoms with van der Waals surface area (Å²) in [7, 11) is 0. The molecule has 1 heterocycles. The van der Waals surface area contributed by atoms with E-state index in [9.17, 15) is 29.7 Å². The van der Waals surface area contributed by atoms with Gasteiger partial charge in [0.1, 0.15) is 24.4 Å². The van der Waals surface area contributed by atoms with Crippen LogP contribution in [0.15, 0.2) is 12.7 Å². The van der Waals surface area contributed by atoms with E-state index in [1.54, 1.807) is 0 Å². The first-order valence-electron chi connectivity index (χ1n) is 8.89. The lowest BCUT2D eigenvalue weighted by Crippen LogP contribution is -2.68. The van der Waals surface area contributed by atoms with E-state index in [0.29, 0.717) is 25.8 Å². The standard InChI is InChI=1S/C17H29N3O7/c1-3-12(23)18-8-6-4-5-7-13(24)20-17-14(19-10(2)22)16(26)15(25)11(9-21)27-17/h3,11,14-17,21,25-26H,1,4-9H2,2H3,(H,18,23)(H,19,22)(H,20,24)/t11-,14-,15+,16-,17+/m1/s1. The summed E-state index contributed by atoms with van der Waals surface area (Å²) in [5, 5.41) is 37.0. The first kappa shape index (κ1) is 23.0. The second-order valence-corrected chi connectivity index (χ2v) is 6.36. The predicted molar refractivity (Wildman–Crippen MR) is 95.2 cm³/mol. The number of nitrogens with one attached hydrogen (secondary N) is 3. The smallest absolute Gasteiger partial charge is 0.243 e. The van der Waals surface area contributed by atoms with Crippen molar-refractivity contribution in [3.63, 3.8) is 0 Å². The molecule has 0 aliphatic carbocycles. The van der Waals surface area contributed by atoms with Gasteiger partial charge in [-0.25, -0.2) is 0 Å². The summed E-state index contributed by atoms with van der Waals surface area (Å²) in [6.07, 6.45) is -1.59. The van der Waals surface area contributed by atoms with Crippen LogP contribution in [0.2, 0.25) is 0 Å². The van der Waals surface area contributed by atoms with Crippen molar-refractivity contribution in [3.8, 4) is 0 Å². The van der Waals surface area contributed by atoms with Gasteiger partial charge in [0.25, 0.3) is 0 Å². The van der Waals surface area contributed by atoms with Crippen LogP contribution in [0.1, 0.15) is 32.6 Å². The SMILES string of the molecule is C=CC(=O)NCCCCCC(=O)N[C@H]1O[C@H](CO)[C@H](O)[C@H](O)[C@H]1NC(C)=O. The van der Waals surface area contributed by atoms with Crippen LogP contribution < -0.4 is 16.0 Å². The molecule has 1 aliphatic heterocycles. The Morgan fingerprint density at radius 2 is 1.81 bits per heavy atom. The molecule has 1 rings (SSSR count). The topological polar surface area (TPSA) is 157 Å². The molecule has 154 valence electrons. The van der Waals surface area contributed by atoms with Gasteiger partial charge in [0.15, 0.2) is 6.23 Å². The number of carbonyl (C=O) groups excluding carboxylic acids is 3. The van der Waals surface area contributed by atoms with Crippen molar-refractivity contribution in [2.45, 2.75) is 63.2 Å². The van der Waals surface area contributed by atoms with Crippen LogP contribution in [0.25, 0.3) is 0 Å². The van der Waals surface area contributed by atoms with E-state index in [-0.39, 0.29) is 18.2 Å². The molecule has 0 aromatic heterocycles. The maximum atomic E-state index is 12.1. The Labute approximate surface area is 158 Å². The monoisotopic (exact) mass is 387 g/mol. The van der Waals surface area contributed by atoms with Gasteiger partial charge in [-0.2, -0.15) is 0 Å². The first-order chi connectivity index (χ1) is 12.8. The minimum atomic E-state index is -1.40. The molecule has 5 atom stereocenters. The summed E-state index contributed by atoms with van der Waals surface area (Å²) in [5.41, 5.74) is 0. The van der Waals surface area contributed by atoms with Crippen LogP contribution in [0.3, 0.4) is 0 Å². The van der Waals surface area contributed by atoms with Crippen LogP contribution in [-0.4, -0.2) is 76.8 Å². The van der Waals surface area contributed by atoms with Crippen molar-refractivity contribution in [3.05, 3.63) is 12.7 Å². The van der Waals surface area contributed by atoms with E-state index in [1.165, 1.54) is 13.0 Å². The average Bonchev–Trinajstić information content (AvgIpc) is 2.63. The van der Waals surface area contributed by atoms with Crippen molar-refractivity contribution in [2.24, 2.45) is 0 Å². The fourth-order valence-corrected chi connectivity index (χ4v) is 2.74. The third-order valence-electron chi connectivity index (χ3n) is 4.16. The number of rotatable bonds is 10. The molecular formula is C17H29N3O7. The minimum absolute atomic E-state index is 0.185. The van der Waals surface area contributed by atoms with Gasteiger partial charge >= 0.3 is 0 Å². The number of hydrogen-bond acceptors (Lipinski definition) is 7. The maximum Gasteiger partial charge on any atom is 0.243 e. The summed E-state index contributed by atoms with van der Waals surface area (Å²) in [6.45, 7) is 4.53. The zero-order valence-corrected chi connectivity index (χ0v) is 15.4. The minimum Gasteiger partial charge on any atom is -0.394 e. The molecule has 0 saturated carbocycles. The van der Waals surface area contributed by atoms with Crippen molar-refractivity contribution < 1.29 is 34.4 Å². The Bertz CT molecular complexity index is 529. The largest absolute Gasteiger partial charge is 0.394 e. The maximum absolute atomic E-state index is 12.1. The third kappa shape index (κ3) is 7.63. The summed E-state index contributed by atoms with van der Waals surface area (Å²) in [5.74, 6) is -1.06. The summed E-state index contributed by atoms with van der Waals surface area (Å²) in [4.78, 5) is 34.4. The van der Waals surface area contributed by atoms with Gasteiger partial charge in [-0.3, -0.25) is 14.4 Å². The van der Waals surface area contributed by atoms with Crippen LogP contribution >= 0.6 is 0 Å². The highest BCUT2D eigenvalue weighted by atomic mass is 16.5. The number of unbranched alkanes of at least 4 members (excludes halogenated alkanes) is 2. The fourth-order valence-electron chi connectivity index (χ4n) is 2.74. The second-order valence-electron chi connectivity index (χ2n) is 6.36. The molecule has 0 bridgehead atoms. The van der Waals surface area contributed by atoms with Crippen molar-refractivity contribution in [1.29, 1.82) is 0 Å². The molecule has 0 radical (unpaired) electrons. The zero-order valence-electron chi connectivity index (χ0n) is 15.4. The van der Waals surface area contributed by atoms with E-state index < -0.39 is 43.1 Å². The van der Waals surface area contributed by atoms with Gasteiger partial charge < -0.3 is 36.0 Å². The summed E-state index contributed by atoms with van der Waals surface area (Å²) < 4.78 is 5.42. The van der Waals surface area contributed by atoms with Gasteiger partial charge in [-0.1, -0.05) is 13.0 Å². The molecule has 3 amide bonds. The van der Waals surface area contributed by atoms with Gasteiger partial charge in [-0.05, 0) is 18.9 Å². The molecule has 1 aliphatic rings. The molecular weight excluding hydrogens is 358 g/mol. The lowest BCUT2D eigenvalue weighted by molar-refractivity contribution is -0.203. The Hall–Kier alpha value is -2.01. The van der Waals surface area contributed by atoms with Gasteiger partial charge in [0.05, 0.1) is 6.61 Å². The van der Waals surface area contributed by atoms with E-state index in [4.69, 9.17) is 4.74 Å². The number of aliphatic hydroxyl groups is 3. The molecule has 0 aromatic carbocycles. The average molecular weight is 387 g/mol. The summed E-state index contributed by atoms with van der Waals surface area (Å²) in [6, 6.07) is -1.04. The number of hydrogen-bond donors (Lipinski definition) is 6. The van der Waals surface area contributed by atoms with E-state index >= 15 is 0 Å². The predicted octanol–water partition coefficient (Wildman–Crippen LogP) is -2.09. The molecule has 0 spiro atoms. The van der Waals surface area contributed by atoms with Crippen molar-refractivity contribution >= 4 is 17.7 Å². The third-order valence-corrected chi connectivity index (χ3v) is 4.16. The Morgan fingerprint density at radius 3 is 2.41 bits per heavy atom. The molecule has 0 unspecified atom stereocenters. The molecule has 1 saturated heterocycles. The fraction of sp³-hybridized carbons (Fsp3) is 0.706. The number of ether oxygens (including phenoxy) is 1. The molecule has 10 heteroatoms. The lowest BCUT2D eigenvalue weighted by Gasteiger charge is -2.42. The molecule has 0 aromatic rings. The van der Waals surface area contributed by atoms with Crippen LogP contribution in [0.4, 0.5) is 0 Å². The highest BCUT2D eigenvalue weighted by Gasteiger charge is 2.45. The quantitative estimate of drug-likeness (QED) is 0.185. The van der Waals surface area contributed by atoms with E-state index in [2.05, 4.69) is 22.5 Å². The van der Waals surface area contributed by atoms with Crippen molar-refractivity contribution in [1.82, 2.24) is 16.0 Å². The van der Waals surface area contributed by atoms with Crippen LogP contribution in [0.5, 0.6) is 0 Å². The number of aliphatic hydroxyl groups excluding tert-OH is 3. The number of carbonyl (C=O) groups is 3. The van der Waals surface area contributed by atoms with Gasteiger partial charge in [0.2, 0.25) is 17.7 Å². The van der Waals surface area contributed by atoms with Gasteiger partial charge in [0, 0.05) is 19.9 Å². The Balaban J connectivity index is 2.47. The zero-order chi connectivity index (χ0) is 20.4. The van der Waals surface area contributed by atoms with Crippen LogP contribution in [-0.2, 0) is 19.1 Å². The van der Waals surface area contributed by atoms with Gasteiger partial charge in [-0.15, -0.1) is 0 Å². The molecule has 27 heavy (non-hydrogen) atoms. The molecule has 6 N–H and O–H groups in total. The lowest BCUT2D eigenvalue weighted by atomic mass is 9.95. The highest BCUT2D eigenvalue weighted by molar-refractivity contribution is 5.86. The highest BCUT2D eigenvalue weighted by Crippen LogP contribution is 2.20. The first-order valence-corrected chi connectivity index (χ1v) is 8.89.